The van der Waals surface area contributed by atoms with Gasteiger partial charge in [0, 0.05) is 0 Å². The van der Waals surface area contributed by atoms with Crippen LogP contribution in [0.4, 0.5) is 0 Å². The zero-order valence-corrected chi connectivity index (χ0v) is 22.3. The molecular weight excluding hydrogens is 464 g/mol. The Labute approximate surface area is 219 Å². The van der Waals surface area contributed by atoms with Gasteiger partial charge < -0.3 is 10.2 Å². The largest absolute Gasteiger partial charge is 0.391 e. The predicted molar refractivity (Wildman–Crippen MR) is 147 cm³/mol. The molecule has 0 fully saturated rings. The van der Waals surface area contributed by atoms with Gasteiger partial charge in [-0.25, -0.2) is 0 Å². The van der Waals surface area contributed by atoms with E-state index < -0.39 is 12.2 Å². The number of fused-ring (bicyclic) bond motifs is 2. The predicted octanol–water partition coefficient (Wildman–Crippen LogP) is 6.01. The van der Waals surface area contributed by atoms with E-state index in [4.69, 9.17) is 0 Å². The number of hydrogen-bond acceptors (Lipinski definition) is 6. The van der Waals surface area contributed by atoms with Crippen molar-refractivity contribution in [2.45, 2.75) is 109 Å². The molecule has 0 spiro atoms. The van der Waals surface area contributed by atoms with Crippen molar-refractivity contribution in [2.75, 3.05) is 0 Å². The molecular formula is C29H42N6O2. The van der Waals surface area contributed by atoms with E-state index in [1.807, 2.05) is 48.5 Å². The number of hydrogen-bond donors (Lipinski definition) is 2. The smallest absolute Gasteiger partial charge is 0.113 e. The molecule has 4 rings (SSSR count). The van der Waals surface area contributed by atoms with Gasteiger partial charge in [-0.3, -0.25) is 0 Å². The van der Waals surface area contributed by atoms with Crippen LogP contribution < -0.4 is 0 Å². The number of aromatic nitrogens is 6. The highest BCUT2D eigenvalue weighted by molar-refractivity contribution is 5.73. The van der Waals surface area contributed by atoms with Crippen molar-refractivity contribution >= 4 is 22.1 Å². The zero-order valence-electron chi connectivity index (χ0n) is 22.3. The molecule has 200 valence electrons. The van der Waals surface area contributed by atoms with Crippen LogP contribution >= 0.6 is 0 Å². The number of benzene rings is 2. The fraction of sp³-hybridized carbons (Fsp3) is 0.586. The van der Waals surface area contributed by atoms with Gasteiger partial charge in [0.25, 0.3) is 0 Å². The average Bonchev–Trinajstić information content (AvgIpc) is 3.53. The van der Waals surface area contributed by atoms with Crippen molar-refractivity contribution in [3.63, 3.8) is 0 Å². The Morgan fingerprint density at radius 1 is 0.541 bits per heavy atom. The first-order valence-corrected chi connectivity index (χ1v) is 14.1. The van der Waals surface area contributed by atoms with Gasteiger partial charge in [-0.15, -0.1) is 0 Å². The molecule has 0 amide bonds. The highest BCUT2D eigenvalue weighted by atomic mass is 16.3. The highest BCUT2D eigenvalue weighted by Crippen LogP contribution is 2.27. The van der Waals surface area contributed by atoms with E-state index in [1.165, 1.54) is 0 Å². The molecule has 0 aliphatic rings. The molecule has 2 N–H and O–H groups in total. The minimum atomic E-state index is -0.574. The summed E-state index contributed by atoms with van der Waals surface area (Å²) in [7, 11) is 0. The first-order valence-electron chi connectivity index (χ1n) is 14.1. The Hall–Kier alpha value is -2.84. The van der Waals surface area contributed by atoms with Crippen LogP contribution in [0.2, 0.25) is 0 Å². The number of aliphatic hydroxyl groups is 2. The van der Waals surface area contributed by atoms with Gasteiger partial charge in [0.15, 0.2) is 0 Å². The van der Waals surface area contributed by atoms with Crippen molar-refractivity contribution in [2.24, 2.45) is 0 Å². The fourth-order valence-corrected chi connectivity index (χ4v) is 5.10. The van der Waals surface area contributed by atoms with E-state index >= 15 is 0 Å². The molecule has 4 aromatic rings. The third-order valence-electron chi connectivity index (χ3n) is 7.29. The third-order valence-corrected chi connectivity index (χ3v) is 7.29. The van der Waals surface area contributed by atoms with Crippen molar-refractivity contribution < 1.29 is 10.2 Å². The maximum atomic E-state index is 11.2. The van der Waals surface area contributed by atoms with Crippen molar-refractivity contribution in [3.05, 3.63) is 48.5 Å². The summed E-state index contributed by atoms with van der Waals surface area (Å²) in [5.74, 6) is 0. The first kappa shape index (κ1) is 27.2. The summed E-state index contributed by atoms with van der Waals surface area (Å²) in [5, 5.41) is 41.1. The molecule has 2 aromatic heterocycles. The molecule has 37 heavy (non-hydrogen) atoms. The summed E-state index contributed by atoms with van der Waals surface area (Å²) < 4.78 is 0. The lowest BCUT2D eigenvalue weighted by Crippen LogP contribution is -2.28. The van der Waals surface area contributed by atoms with Crippen LogP contribution in [0, 0.1) is 0 Å². The van der Waals surface area contributed by atoms with Crippen LogP contribution in [-0.4, -0.2) is 52.4 Å². The Kier molecular flexibility index (Phi) is 10.0. The lowest BCUT2D eigenvalue weighted by Gasteiger charge is -2.25. The number of unbranched alkanes of at least 4 members (excludes halogenated alkanes) is 4. The molecule has 0 aliphatic carbocycles. The SMILES string of the molecule is CCCCCC(C(O)CCCC(O)C(CCCCC)n1nc2ccccc2n1)n1nc2ccccc2n1. The van der Waals surface area contributed by atoms with Crippen molar-refractivity contribution in [3.8, 4) is 0 Å². The van der Waals surface area contributed by atoms with Gasteiger partial charge in [0.2, 0.25) is 0 Å². The second-order valence-corrected chi connectivity index (χ2v) is 10.2. The fourth-order valence-electron chi connectivity index (χ4n) is 5.10. The summed E-state index contributed by atoms with van der Waals surface area (Å²) in [6.07, 6.45) is 8.93. The summed E-state index contributed by atoms with van der Waals surface area (Å²) in [6.45, 7) is 4.36. The van der Waals surface area contributed by atoms with Gasteiger partial charge in [-0.05, 0) is 56.4 Å². The molecule has 2 heterocycles. The minimum absolute atomic E-state index is 0.172. The van der Waals surface area contributed by atoms with E-state index in [0.29, 0.717) is 19.3 Å². The van der Waals surface area contributed by atoms with Crippen molar-refractivity contribution in [1.82, 2.24) is 30.0 Å². The lowest BCUT2D eigenvalue weighted by molar-refractivity contribution is 0.0594. The number of rotatable bonds is 16. The monoisotopic (exact) mass is 506 g/mol. The second-order valence-electron chi connectivity index (χ2n) is 10.2. The maximum Gasteiger partial charge on any atom is 0.113 e. The van der Waals surface area contributed by atoms with E-state index in [-0.39, 0.29) is 12.1 Å². The number of aliphatic hydroxyl groups excluding tert-OH is 2. The lowest BCUT2D eigenvalue weighted by atomic mass is 9.95. The normalized spacial score (nSPS) is 15.2. The Morgan fingerprint density at radius 3 is 1.22 bits per heavy atom. The van der Waals surface area contributed by atoms with Gasteiger partial charge in [-0.1, -0.05) is 76.6 Å². The second kappa shape index (κ2) is 13.6. The van der Waals surface area contributed by atoms with Crippen LogP contribution in [0.1, 0.15) is 96.6 Å². The van der Waals surface area contributed by atoms with Gasteiger partial charge in [-0.2, -0.15) is 30.0 Å². The minimum Gasteiger partial charge on any atom is -0.391 e. The average molecular weight is 507 g/mol. The molecule has 4 unspecified atom stereocenters. The summed E-state index contributed by atoms with van der Waals surface area (Å²) >= 11 is 0. The van der Waals surface area contributed by atoms with Crippen LogP contribution in [0.3, 0.4) is 0 Å². The Balaban J connectivity index is 1.40. The van der Waals surface area contributed by atoms with Crippen LogP contribution in [0.25, 0.3) is 22.1 Å². The molecule has 0 saturated carbocycles. The third kappa shape index (κ3) is 7.14. The zero-order chi connectivity index (χ0) is 26.0. The molecule has 8 heteroatoms. The standard InChI is InChI=1S/C29H42N6O2/c1-3-5-7-18-26(34-30-22-14-9-10-15-23(22)31-34)28(36)20-13-21-29(37)27(19-8-6-4-2)35-32-24-16-11-12-17-25(24)33-35/h9-12,14-17,26-29,36-37H,3-8,13,18-21H2,1-2H3. The van der Waals surface area contributed by atoms with E-state index in [9.17, 15) is 10.2 Å². The molecule has 0 radical (unpaired) electrons. The maximum absolute atomic E-state index is 11.2. The molecule has 0 saturated heterocycles. The van der Waals surface area contributed by atoms with Crippen molar-refractivity contribution in [1.29, 1.82) is 0 Å². The highest BCUT2D eigenvalue weighted by Gasteiger charge is 2.26. The van der Waals surface area contributed by atoms with E-state index in [2.05, 4.69) is 34.2 Å². The Morgan fingerprint density at radius 2 is 0.892 bits per heavy atom. The molecule has 8 nitrogen and oxygen atoms in total. The molecule has 0 aliphatic heterocycles. The quantitative estimate of drug-likeness (QED) is 0.180. The van der Waals surface area contributed by atoms with Crippen LogP contribution in [0.5, 0.6) is 0 Å². The van der Waals surface area contributed by atoms with Gasteiger partial charge in [0.05, 0.1) is 24.3 Å². The van der Waals surface area contributed by atoms with Crippen LogP contribution in [-0.2, 0) is 0 Å². The van der Waals surface area contributed by atoms with Crippen LogP contribution in [0.15, 0.2) is 48.5 Å². The van der Waals surface area contributed by atoms with Gasteiger partial charge >= 0.3 is 0 Å². The molecule has 4 atom stereocenters. The summed E-state index contributed by atoms with van der Waals surface area (Å²) in [5.41, 5.74) is 3.39. The topological polar surface area (TPSA) is 102 Å². The number of nitrogens with zero attached hydrogens (tertiary/aromatic N) is 6. The Bertz CT molecular complexity index is 1060. The molecule has 0 bridgehead atoms. The summed E-state index contributed by atoms with van der Waals surface area (Å²) in [6, 6.07) is 15.3. The van der Waals surface area contributed by atoms with Gasteiger partial charge in [0.1, 0.15) is 22.1 Å². The summed E-state index contributed by atoms with van der Waals surface area (Å²) in [4.78, 5) is 3.43. The van der Waals surface area contributed by atoms with E-state index in [0.717, 1.165) is 73.4 Å². The first-order chi connectivity index (χ1) is 18.1. The van der Waals surface area contributed by atoms with E-state index in [1.54, 1.807) is 9.59 Å². The molecule has 2 aromatic carbocycles.